The van der Waals surface area contributed by atoms with E-state index < -0.39 is 11.6 Å². The molecule has 18 heavy (non-hydrogen) atoms. The van der Waals surface area contributed by atoms with Gasteiger partial charge in [-0.3, -0.25) is 4.79 Å². The van der Waals surface area contributed by atoms with Gasteiger partial charge < -0.3 is 15.5 Å². The molecule has 1 fully saturated rings. The molecule has 2 rings (SSSR count). The molecule has 0 spiro atoms. The summed E-state index contributed by atoms with van der Waals surface area (Å²) in [7, 11) is 0. The van der Waals surface area contributed by atoms with Crippen LogP contribution < -0.4 is 10.6 Å². The summed E-state index contributed by atoms with van der Waals surface area (Å²) in [4.78, 5) is 15.0. The van der Waals surface area contributed by atoms with Crippen LogP contribution >= 0.6 is 0 Å². The molecule has 2 N–H and O–H groups in total. The molecular weight excluding hydrogens is 240 g/mol. The lowest BCUT2D eigenvalue weighted by Gasteiger charge is -2.36. The van der Waals surface area contributed by atoms with Crippen molar-refractivity contribution in [1.29, 1.82) is 0 Å². The van der Waals surface area contributed by atoms with Crippen molar-refractivity contribution in [3.63, 3.8) is 0 Å². The van der Waals surface area contributed by atoms with Gasteiger partial charge in [0.05, 0.1) is 6.54 Å². The second kappa shape index (κ2) is 5.30. The standard InChI is InChI=1S/C12H15F2N3O/c13-10-2-1-9(7-11(10)14)16-3-5-17(6-4-16)12(18)8-15/h1-2,7H,3-6,8,15H2. The number of hydrogen-bond acceptors (Lipinski definition) is 3. The fourth-order valence-electron chi connectivity index (χ4n) is 2.02. The minimum absolute atomic E-state index is 0.00514. The van der Waals surface area contributed by atoms with E-state index in [1.54, 1.807) is 11.0 Å². The van der Waals surface area contributed by atoms with Gasteiger partial charge in [0.15, 0.2) is 11.6 Å². The molecule has 4 nitrogen and oxygen atoms in total. The molecule has 1 aromatic carbocycles. The smallest absolute Gasteiger partial charge is 0.236 e. The van der Waals surface area contributed by atoms with Crippen LogP contribution in [-0.2, 0) is 4.79 Å². The van der Waals surface area contributed by atoms with E-state index in [0.29, 0.717) is 31.9 Å². The van der Waals surface area contributed by atoms with Crippen molar-refractivity contribution in [1.82, 2.24) is 4.90 Å². The zero-order chi connectivity index (χ0) is 13.1. The van der Waals surface area contributed by atoms with Crippen LogP contribution in [0.4, 0.5) is 14.5 Å². The van der Waals surface area contributed by atoms with Gasteiger partial charge in [-0.05, 0) is 12.1 Å². The molecule has 1 heterocycles. The number of amides is 1. The molecule has 0 bridgehead atoms. The van der Waals surface area contributed by atoms with E-state index in [0.717, 1.165) is 6.07 Å². The van der Waals surface area contributed by atoms with Gasteiger partial charge in [-0.2, -0.15) is 0 Å². The van der Waals surface area contributed by atoms with Crippen molar-refractivity contribution >= 4 is 11.6 Å². The Morgan fingerprint density at radius 2 is 1.83 bits per heavy atom. The van der Waals surface area contributed by atoms with Crippen LogP contribution in [0.15, 0.2) is 18.2 Å². The molecule has 1 saturated heterocycles. The van der Waals surface area contributed by atoms with Crippen molar-refractivity contribution < 1.29 is 13.6 Å². The molecule has 0 saturated carbocycles. The average Bonchev–Trinajstić information content (AvgIpc) is 2.41. The van der Waals surface area contributed by atoms with E-state index in [2.05, 4.69) is 0 Å². The average molecular weight is 255 g/mol. The maximum atomic E-state index is 13.1. The summed E-state index contributed by atoms with van der Waals surface area (Å²) in [6.45, 7) is 2.29. The highest BCUT2D eigenvalue weighted by Gasteiger charge is 2.20. The molecule has 0 aliphatic carbocycles. The van der Waals surface area contributed by atoms with E-state index in [-0.39, 0.29) is 12.5 Å². The molecule has 98 valence electrons. The summed E-state index contributed by atoms with van der Waals surface area (Å²) in [6, 6.07) is 3.83. The lowest BCUT2D eigenvalue weighted by molar-refractivity contribution is -0.129. The molecule has 0 atom stereocenters. The van der Waals surface area contributed by atoms with Crippen LogP contribution in [0.5, 0.6) is 0 Å². The fraction of sp³-hybridized carbons (Fsp3) is 0.417. The Balaban J connectivity index is 2.01. The second-order valence-corrected chi connectivity index (χ2v) is 4.17. The van der Waals surface area contributed by atoms with E-state index in [1.165, 1.54) is 6.07 Å². The Hall–Kier alpha value is -1.69. The quantitative estimate of drug-likeness (QED) is 0.840. The van der Waals surface area contributed by atoms with Crippen LogP contribution in [0.3, 0.4) is 0 Å². The second-order valence-electron chi connectivity index (χ2n) is 4.17. The highest BCUT2D eigenvalue weighted by atomic mass is 19.2. The van der Waals surface area contributed by atoms with Crippen molar-refractivity contribution in [3.05, 3.63) is 29.8 Å². The summed E-state index contributed by atoms with van der Waals surface area (Å²) in [5, 5.41) is 0. The summed E-state index contributed by atoms with van der Waals surface area (Å²) in [6.07, 6.45) is 0. The van der Waals surface area contributed by atoms with E-state index >= 15 is 0 Å². The number of piperazine rings is 1. The van der Waals surface area contributed by atoms with Gasteiger partial charge in [-0.1, -0.05) is 0 Å². The molecule has 1 aliphatic heterocycles. The molecule has 1 amide bonds. The number of rotatable bonds is 2. The van der Waals surface area contributed by atoms with Crippen molar-refractivity contribution in [2.24, 2.45) is 5.73 Å². The molecule has 1 aliphatic rings. The Morgan fingerprint density at radius 3 is 2.39 bits per heavy atom. The van der Waals surface area contributed by atoms with E-state index in [1.807, 2.05) is 4.90 Å². The normalized spacial score (nSPS) is 15.9. The van der Waals surface area contributed by atoms with Gasteiger partial charge in [0, 0.05) is 37.9 Å². The monoisotopic (exact) mass is 255 g/mol. The predicted octanol–water partition coefficient (Wildman–Crippen LogP) is 0.572. The third-order valence-electron chi connectivity index (χ3n) is 3.08. The maximum Gasteiger partial charge on any atom is 0.236 e. The number of anilines is 1. The zero-order valence-corrected chi connectivity index (χ0v) is 9.90. The lowest BCUT2D eigenvalue weighted by Crippen LogP contribution is -2.50. The number of nitrogens with zero attached hydrogens (tertiary/aromatic N) is 2. The van der Waals surface area contributed by atoms with Gasteiger partial charge >= 0.3 is 0 Å². The first kappa shape index (κ1) is 12.8. The topological polar surface area (TPSA) is 49.6 Å². The molecule has 0 unspecified atom stereocenters. The largest absolute Gasteiger partial charge is 0.368 e. The fourth-order valence-corrected chi connectivity index (χ4v) is 2.02. The number of benzene rings is 1. The lowest BCUT2D eigenvalue weighted by atomic mass is 10.2. The SMILES string of the molecule is NCC(=O)N1CCN(c2ccc(F)c(F)c2)CC1. The maximum absolute atomic E-state index is 13.1. The Kier molecular flexibility index (Phi) is 3.76. The molecule has 1 aromatic rings. The Labute approximate surface area is 104 Å². The van der Waals surface area contributed by atoms with E-state index in [9.17, 15) is 13.6 Å². The minimum atomic E-state index is -0.854. The predicted molar refractivity (Wildman–Crippen MR) is 64.2 cm³/mol. The summed E-state index contributed by atoms with van der Waals surface area (Å²) in [5.74, 6) is -1.79. The molecule has 6 heteroatoms. The first-order valence-corrected chi connectivity index (χ1v) is 5.79. The third-order valence-corrected chi connectivity index (χ3v) is 3.08. The summed E-state index contributed by atoms with van der Waals surface area (Å²) < 4.78 is 25.9. The van der Waals surface area contributed by atoms with E-state index in [4.69, 9.17) is 5.73 Å². The third kappa shape index (κ3) is 2.59. The van der Waals surface area contributed by atoms with Gasteiger partial charge in [0.25, 0.3) is 0 Å². The van der Waals surface area contributed by atoms with Gasteiger partial charge in [0.2, 0.25) is 5.91 Å². The summed E-state index contributed by atoms with van der Waals surface area (Å²) >= 11 is 0. The number of hydrogen-bond donors (Lipinski definition) is 1. The first-order chi connectivity index (χ1) is 8.61. The van der Waals surface area contributed by atoms with Crippen molar-refractivity contribution in [3.8, 4) is 0 Å². The van der Waals surface area contributed by atoms with Gasteiger partial charge in [-0.15, -0.1) is 0 Å². The van der Waals surface area contributed by atoms with Crippen LogP contribution in [0.1, 0.15) is 0 Å². The first-order valence-electron chi connectivity index (χ1n) is 5.79. The van der Waals surface area contributed by atoms with Crippen LogP contribution in [0, 0.1) is 11.6 Å². The number of carbonyl (C=O) groups excluding carboxylic acids is 1. The van der Waals surface area contributed by atoms with Crippen molar-refractivity contribution in [2.75, 3.05) is 37.6 Å². The van der Waals surface area contributed by atoms with Crippen LogP contribution in [-0.4, -0.2) is 43.5 Å². The Morgan fingerprint density at radius 1 is 1.17 bits per heavy atom. The highest BCUT2D eigenvalue weighted by molar-refractivity contribution is 5.78. The minimum Gasteiger partial charge on any atom is -0.368 e. The summed E-state index contributed by atoms with van der Waals surface area (Å²) in [5.41, 5.74) is 5.92. The zero-order valence-electron chi connectivity index (χ0n) is 9.90. The van der Waals surface area contributed by atoms with Crippen LogP contribution in [0.2, 0.25) is 0 Å². The van der Waals surface area contributed by atoms with Gasteiger partial charge in [0.1, 0.15) is 0 Å². The number of carbonyl (C=O) groups is 1. The van der Waals surface area contributed by atoms with Crippen molar-refractivity contribution in [2.45, 2.75) is 0 Å². The van der Waals surface area contributed by atoms with Gasteiger partial charge in [-0.25, -0.2) is 8.78 Å². The number of halogens is 2. The van der Waals surface area contributed by atoms with Crippen LogP contribution in [0.25, 0.3) is 0 Å². The number of nitrogens with two attached hydrogens (primary N) is 1. The highest BCUT2D eigenvalue weighted by Crippen LogP contribution is 2.19. The molecule has 0 aromatic heterocycles. The Bertz CT molecular complexity index is 445. The molecule has 0 radical (unpaired) electrons. The molecular formula is C12H15F2N3O.